The summed E-state index contributed by atoms with van der Waals surface area (Å²) in [5.41, 5.74) is 8.87. The molecule has 0 saturated heterocycles. The maximum absolute atomic E-state index is 5.85. The largest absolute Gasteiger partial charge is 0.330 e. The summed E-state index contributed by atoms with van der Waals surface area (Å²) in [6.07, 6.45) is 0. The van der Waals surface area contributed by atoms with Crippen LogP contribution in [0.3, 0.4) is 0 Å². The van der Waals surface area contributed by atoms with Crippen LogP contribution in [-0.2, 0) is 10.8 Å². The fourth-order valence-corrected chi connectivity index (χ4v) is 1.84. The van der Waals surface area contributed by atoms with Crippen LogP contribution in [-0.4, -0.2) is 6.54 Å². The van der Waals surface area contributed by atoms with Gasteiger partial charge in [0.05, 0.1) is 0 Å². The van der Waals surface area contributed by atoms with E-state index in [4.69, 9.17) is 5.73 Å². The van der Waals surface area contributed by atoms with Crippen LogP contribution in [0.1, 0.15) is 45.7 Å². The average molecular weight is 205 g/mol. The minimum Gasteiger partial charge on any atom is -0.330 e. The molecule has 0 saturated carbocycles. The normalized spacial score (nSPS) is 12.9. The van der Waals surface area contributed by atoms with Gasteiger partial charge in [0.25, 0.3) is 0 Å². The molecule has 0 amide bonds. The van der Waals surface area contributed by atoms with E-state index >= 15 is 0 Å². The molecule has 0 bridgehead atoms. The van der Waals surface area contributed by atoms with E-state index in [2.05, 4.69) is 58.9 Å². The summed E-state index contributed by atoms with van der Waals surface area (Å²) in [6, 6.07) is 8.62. The maximum Gasteiger partial charge on any atom is 0.00220 e. The van der Waals surface area contributed by atoms with Crippen LogP contribution >= 0.6 is 0 Å². The van der Waals surface area contributed by atoms with Crippen molar-refractivity contribution in [1.29, 1.82) is 0 Å². The van der Waals surface area contributed by atoms with Gasteiger partial charge in [-0.2, -0.15) is 0 Å². The third-order valence-corrected chi connectivity index (χ3v) is 2.97. The molecule has 0 aliphatic heterocycles. The van der Waals surface area contributed by atoms with Crippen molar-refractivity contribution in [3.8, 4) is 0 Å². The van der Waals surface area contributed by atoms with Crippen molar-refractivity contribution < 1.29 is 0 Å². The molecule has 1 aromatic carbocycles. The Morgan fingerprint density at radius 2 is 1.40 bits per heavy atom. The first-order valence-electron chi connectivity index (χ1n) is 5.59. The predicted octanol–water partition coefficient (Wildman–Crippen LogP) is 3.22. The van der Waals surface area contributed by atoms with Gasteiger partial charge >= 0.3 is 0 Å². The summed E-state index contributed by atoms with van der Waals surface area (Å²) < 4.78 is 0. The first kappa shape index (κ1) is 12.3. The minimum atomic E-state index is 0.0594. The molecule has 1 aromatic rings. The first-order valence-corrected chi connectivity index (χ1v) is 5.59. The smallest absolute Gasteiger partial charge is 0.00220 e. The molecule has 1 rings (SSSR count). The van der Waals surface area contributed by atoms with E-state index in [0.29, 0.717) is 6.54 Å². The Labute approximate surface area is 93.7 Å². The molecule has 0 aliphatic carbocycles. The van der Waals surface area contributed by atoms with Crippen LogP contribution in [0.15, 0.2) is 24.3 Å². The number of benzene rings is 1. The van der Waals surface area contributed by atoms with Gasteiger partial charge in [0, 0.05) is 12.0 Å². The van der Waals surface area contributed by atoms with E-state index in [0.717, 1.165) is 0 Å². The van der Waals surface area contributed by atoms with Crippen LogP contribution < -0.4 is 5.73 Å². The molecule has 2 N–H and O–H groups in total. The van der Waals surface area contributed by atoms with Crippen molar-refractivity contribution >= 4 is 0 Å². The van der Waals surface area contributed by atoms with Crippen molar-refractivity contribution in [2.24, 2.45) is 5.73 Å². The molecular formula is C14H23N. The van der Waals surface area contributed by atoms with Gasteiger partial charge in [-0.1, -0.05) is 58.9 Å². The van der Waals surface area contributed by atoms with Gasteiger partial charge in [0.15, 0.2) is 0 Å². The van der Waals surface area contributed by atoms with Crippen molar-refractivity contribution in [1.82, 2.24) is 0 Å². The van der Waals surface area contributed by atoms with Crippen molar-refractivity contribution in [2.75, 3.05) is 6.54 Å². The molecule has 0 aliphatic rings. The lowest BCUT2D eigenvalue weighted by Gasteiger charge is -2.31. The Hall–Kier alpha value is -0.820. The molecule has 0 atom stereocenters. The minimum absolute atomic E-state index is 0.0594. The van der Waals surface area contributed by atoms with E-state index in [1.165, 1.54) is 11.1 Å². The second kappa shape index (κ2) is 3.97. The van der Waals surface area contributed by atoms with E-state index in [9.17, 15) is 0 Å². The third-order valence-electron chi connectivity index (χ3n) is 2.97. The molecule has 0 aromatic heterocycles. The maximum atomic E-state index is 5.85. The van der Waals surface area contributed by atoms with Crippen LogP contribution in [0.4, 0.5) is 0 Å². The van der Waals surface area contributed by atoms with Crippen molar-refractivity contribution in [3.05, 3.63) is 35.4 Å². The summed E-state index contributed by atoms with van der Waals surface area (Å²) in [6.45, 7) is 11.8. The molecule has 0 fully saturated rings. The highest BCUT2D eigenvalue weighted by molar-refractivity contribution is 5.38. The summed E-state index contributed by atoms with van der Waals surface area (Å²) in [4.78, 5) is 0. The first-order chi connectivity index (χ1) is 6.79. The molecule has 1 nitrogen and oxygen atoms in total. The Balaban J connectivity index is 3.31. The standard InChI is InChI=1S/C14H23N/c1-13(2,3)11-8-6-7-9-12(11)14(4,5)10-15/h6-9H,10,15H2,1-5H3. The SMILES string of the molecule is CC(C)(C)c1ccccc1C(C)(C)CN. The lowest BCUT2D eigenvalue weighted by atomic mass is 9.74. The molecule has 0 heterocycles. The lowest BCUT2D eigenvalue weighted by Crippen LogP contribution is -2.31. The molecule has 15 heavy (non-hydrogen) atoms. The zero-order valence-electron chi connectivity index (χ0n) is 10.6. The molecule has 0 radical (unpaired) electrons. The molecule has 0 unspecified atom stereocenters. The zero-order valence-corrected chi connectivity index (χ0v) is 10.6. The van der Waals surface area contributed by atoms with Gasteiger partial charge in [-0.05, 0) is 16.5 Å². The van der Waals surface area contributed by atoms with E-state index < -0.39 is 0 Å². The van der Waals surface area contributed by atoms with Gasteiger partial charge in [0.2, 0.25) is 0 Å². The quantitative estimate of drug-likeness (QED) is 0.788. The van der Waals surface area contributed by atoms with Crippen LogP contribution in [0.25, 0.3) is 0 Å². The average Bonchev–Trinajstić information content (AvgIpc) is 2.16. The fourth-order valence-electron chi connectivity index (χ4n) is 1.84. The Morgan fingerprint density at radius 1 is 0.933 bits per heavy atom. The van der Waals surface area contributed by atoms with Gasteiger partial charge in [-0.3, -0.25) is 0 Å². The lowest BCUT2D eigenvalue weighted by molar-refractivity contribution is 0.503. The Kier molecular flexibility index (Phi) is 3.25. The van der Waals surface area contributed by atoms with Crippen molar-refractivity contribution in [3.63, 3.8) is 0 Å². The Bertz CT molecular complexity index is 331. The highest BCUT2D eigenvalue weighted by Crippen LogP contribution is 2.33. The highest BCUT2D eigenvalue weighted by atomic mass is 14.6. The van der Waals surface area contributed by atoms with Gasteiger partial charge < -0.3 is 5.73 Å². The van der Waals surface area contributed by atoms with Crippen LogP contribution in [0, 0.1) is 0 Å². The summed E-state index contributed by atoms with van der Waals surface area (Å²) in [5.74, 6) is 0. The number of nitrogens with two attached hydrogens (primary N) is 1. The molecule has 0 spiro atoms. The molecule has 1 heteroatoms. The predicted molar refractivity (Wildman–Crippen MR) is 67.2 cm³/mol. The van der Waals surface area contributed by atoms with Crippen molar-refractivity contribution in [2.45, 2.75) is 45.4 Å². The van der Waals surface area contributed by atoms with Crippen LogP contribution in [0.5, 0.6) is 0 Å². The zero-order chi connectivity index (χ0) is 11.7. The number of rotatable bonds is 2. The number of hydrogen-bond acceptors (Lipinski definition) is 1. The van der Waals surface area contributed by atoms with Gasteiger partial charge in [-0.15, -0.1) is 0 Å². The second-order valence-corrected chi connectivity index (χ2v) is 5.88. The van der Waals surface area contributed by atoms with E-state index in [1.807, 2.05) is 0 Å². The third kappa shape index (κ3) is 2.60. The summed E-state index contributed by atoms with van der Waals surface area (Å²) >= 11 is 0. The van der Waals surface area contributed by atoms with Crippen LogP contribution in [0.2, 0.25) is 0 Å². The molecule has 84 valence electrons. The Morgan fingerprint density at radius 3 is 1.80 bits per heavy atom. The molecular weight excluding hydrogens is 182 g/mol. The highest BCUT2D eigenvalue weighted by Gasteiger charge is 2.26. The second-order valence-electron chi connectivity index (χ2n) is 5.88. The summed E-state index contributed by atoms with van der Waals surface area (Å²) in [5, 5.41) is 0. The van der Waals surface area contributed by atoms with Gasteiger partial charge in [0.1, 0.15) is 0 Å². The fraction of sp³-hybridized carbons (Fsp3) is 0.571. The number of hydrogen-bond donors (Lipinski definition) is 1. The van der Waals surface area contributed by atoms with Gasteiger partial charge in [-0.25, -0.2) is 0 Å². The summed E-state index contributed by atoms with van der Waals surface area (Å²) in [7, 11) is 0. The monoisotopic (exact) mass is 205 g/mol. The topological polar surface area (TPSA) is 26.0 Å². The van der Waals surface area contributed by atoms with E-state index in [1.54, 1.807) is 0 Å². The van der Waals surface area contributed by atoms with E-state index in [-0.39, 0.29) is 10.8 Å².